The van der Waals surface area contributed by atoms with E-state index in [1.807, 2.05) is 6.92 Å². The van der Waals surface area contributed by atoms with Crippen molar-refractivity contribution in [3.8, 4) is 0 Å². The zero-order valence-corrected chi connectivity index (χ0v) is 9.24. The summed E-state index contributed by atoms with van der Waals surface area (Å²) < 4.78 is 0. The topological polar surface area (TPSA) is 80.9 Å². The molecular formula is C10H16N4O. The molecule has 1 atom stereocenters. The van der Waals surface area contributed by atoms with Gasteiger partial charge < -0.3 is 11.1 Å². The maximum atomic E-state index is 11.4. The van der Waals surface area contributed by atoms with Gasteiger partial charge in [0, 0.05) is 24.2 Å². The number of aromatic nitrogens is 2. The molecular weight excluding hydrogens is 192 g/mol. The number of hydrogen-bond acceptors (Lipinski definition) is 4. The first-order valence-corrected chi connectivity index (χ1v) is 4.85. The van der Waals surface area contributed by atoms with E-state index in [2.05, 4.69) is 15.3 Å². The summed E-state index contributed by atoms with van der Waals surface area (Å²) in [4.78, 5) is 19.6. The van der Waals surface area contributed by atoms with Gasteiger partial charge in [0.05, 0.1) is 0 Å². The molecule has 0 bridgehead atoms. The van der Waals surface area contributed by atoms with Crippen LogP contribution >= 0.6 is 0 Å². The summed E-state index contributed by atoms with van der Waals surface area (Å²) >= 11 is 0. The zero-order chi connectivity index (χ0) is 11.4. The van der Waals surface area contributed by atoms with Crippen LogP contribution in [0.15, 0.2) is 6.07 Å². The fourth-order valence-electron chi connectivity index (χ4n) is 1.27. The predicted octanol–water partition coefficient (Wildman–Crippen LogP) is 0.769. The number of nitrogens with zero attached hydrogens (tertiary/aromatic N) is 2. The second-order valence-corrected chi connectivity index (χ2v) is 3.67. The first kappa shape index (κ1) is 11.6. The van der Waals surface area contributed by atoms with E-state index in [0.29, 0.717) is 18.1 Å². The highest BCUT2D eigenvalue weighted by atomic mass is 16.1. The molecule has 0 spiro atoms. The Balaban J connectivity index is 2.68. The third-order valence-electron chi connectivity index (χ3n) is 1.74. The van der Waals surface area contributed by atoms with E-state index in [-0.39, 0.29) is 11.9 Å². The quantitative estimate of drug-likeness (QED) is 0.768. The Morgan fingerprint density at radius 3 is 2.73 bits per heavy atom. The van der Waals surface area contributed by atoms with Crippen molar-refractivity contribution in [1.82, 2.24) is 9.97 Å². The molecule has 82 valence electrons. The van der Waals surface area contributed by atoms with Gasteiger partial charge >= 0.3 is 0 Å². The maximum Gasteiger partial charge on any atom is 0.227 e. The zero-order valence-electron chi connectivity index (χ0n) is 9.24. The van der Waals surface area contributed by atoms with Crippen LogP contribution in [-0.2, 0) is 4.79 Å². The van der Waals surface area contributed by atoms with E-state index in [9.17, 15) is 4.79 Å². The SMILES string of the molecule is Cc1cc(NC(=O)CC(C)N)nc(C)n1. The smallest absolute Gasteiger partial charge is 0.227 e. The van der Waals surface area contributed by atoms with E-state index >= 15 is 0 Å². The van der Waals surface area contributed by atoms with Gasteiger partial charge in [-0.2, -0.15) is 0 Å². The summed E-state index contributed by atoms with van der Waals surface area (Å²) in [6, 6.07) is 1.58. The first-order chi connectivity index (χ1) is 6.97. The lowest BCUT2D eigenvalue weighted by Gasteiger charge is -2.07. The van der Waals surface area contributed by atoms with Gasteiger partial charge in [-0.25, -0.2) is 9.97 Å². The molecule has 1 heterocycles. The van der Waals surface area contributed by atoms with E-state index < -0.39 is 0 Å². The summed E-state index contributed by atoms with van der Waals surface area (Å²) in [7, 11) is 0. The van der Waals surface area contributed by atoms with Gasteiger partial charge in [0.2, 0.25) is 5.91 Å². The highest BCUT2D eigenvalue weighted by Gasteiger charge is 2.06. The highest BCUT2D eigenvalue weighted by molar-refractivity contribution is 5.90. The fraction of sp³-hybridized carbons (Fsp3) is 0.500. The number of hydrogen-bond donors (Lipinski definition) is 2. The molecule has 0 aliphatic carbocycles. The van der Waals surface area contributed by atoms with Gasteiger partial charge in [-0.15, -0.1) is 0 Å². The molecule has 1 amide bonds. The fourth-order valence-corrected chi connectivity index (χ4v) is 1.27. The number of carbonyl (C=O) groups is 1. The van der Waals surface area contributed by atoms with Crippen LogP contribution in [0.4, 0.5) is 5.82 Å². The van der Waals surface area contributed by atoms with E-state index in [1.165, 1.54) is 0 Å². The molecule has 1 rings (SSSR count). The largest absolute Gasteiger partial charge is 0.327 e. The van der Waals surface area contributed by atoms with Crippen molar-refractivity contribution in [1.29, 1.82) is 0 Å². The van der Waals surface area contributed by atoms with Crippen LogP contribution in [0.5, 0.6) is 0 Å². The third kappa shape index (κ3) is 4.03. The van der Waals surface area contributed by atoms with Gasteiger partial charge in [0.25, 0.3) is 0 Å². The molecule has 5 nitrogen and oxygen atoms in total. The summed E-state index contributed by atoms with van der Waals surface area (Å²) in [6.45, 7) is 5.43. The minimum absolute atomic E-state index is 0.123. The average Bonchev–Trinajstić information content (AvgIpc) is 1.98. The molecule has 1 unspecified atom stereocenters. The summed E-state index contributed by atoms with van der Waals surface area (Å²) in [6.07, 6.45) is 0.294. The number of carbonyl (C=O) groups excluding carboxylic acids is 1. The van der Waals surface area contributed by atoms with Gasteiger partial charge in [-0.3, -0.25) is 4.79 Å². The molecule has 5 heteroatoms. The number of rotatable bonds is 3. The molecule has 0 radical (unpaired) electrons. The molecule has 0 aliphatic heterocycles. The minimum Gasteiger partial charge on any atom is -0.327 e. The number of anilines is 1. The van der Waals surface area contributed by atoms with Gasteiger partial charge in [-0.1, -0.05) is 0 Å². The van der Waals surface area contributed by atoms with Gasteiger partial charge in [0.1, 0.15) is 11.6 Å². The molecule has 1 aromatic heterocycles. The Labute approximate surface area is 89.1 Å². The van der Waals surface area contributed by atoms with Crippen LogP contribution in [0.25, 0.3) is 0 Å². The Hall–Kier alpha value is -1.49. The van der Waals surface area contributed by atoms with Gasteiger partial charge in [0.15, 0.2) is 0 Å². The lowest BCUT2D eigenvalue weighted by molar-refractivity contribution is -0.116. The molecule has 0 saturated heterocycles. The van der Waals surface area contributed by atoms with Crippen molar-refractivity contribution in [2.75, 3.05) is 5.32 Å². The van der Waals surface area contributed by atoms with Crippen LogP contribution < -0.4 is 11.1 Å². The Bertz CT molecular complexity index is 342. The summed E-state index contributed by atoms with van der Waals surface area (Å²) in [5.41, 5.74) is 6.35. The predicted molar refractivity (Wildman–Crippen MR) is 58.4 cm³/mol. The average molecular weight is 208 g/mol. The second-order valence-electron chi connectivity index (χ2n) is 3.67. The van der Waals surface area contributed by atoms with E-state index in [4.69, 9.17) is 5.73 Å². The highest BCUT2D eigenvalue weighted by Crippen LogP contribution is 2.06. The number of aryl methyl sites for hydroxylation is 2. The van der Waals surface area contributed by atoms with Crippen molar-refractivity contribution >= 4 is 11.7 Å². The maximum absolute atomic E-state index is 11.4. The molecule has 0 aromatic carbocycles. The van der Waals surface area contributed by atoms with Crippen molar-refractivity contribution in [3.05, 3.63) is 17.6 Å². The van der Waals surface area contributed by atoms with Crippen LogP contribution in [0.3, 0.4) is 0 Å². The van der Waals surface area contributed by atoms with Crippen molar-refractivity contribution < 1.29 is 4.79 Å². The van der Waals surface area contributed by atoms with Crippen molar-refractivity contribution in [2.24, 2.45) is 5.73 Å². The van der Waals surface area contributed by atoms with Gasteiger partial charge in [-0.05, 0) is 20.8 Å². The minimum atomic E-state index is -0.144. The monoisotopic (exact) mass is 208 g/mol. The summed E-state index contributed by atoms with van der Waals surface area (Å²) in [5.74, 6) is 1.05. The van der Waals surface area contributed by atoms with E-state index in [1.54, 1.807) is 19.9 Å². The third-order valence-corrected chi connectivity index (χ3v) is 1.74. The summed E-state index contributed by atoms with van der Waals surface area (Å²) in [5, 5.41) is 2.68. The van der Waals surface area contributed by atoms with Crippen LogP contribution in [0, 0.1) is 13.8 Å². The number of amides is 1. The first-order valence-electron chi connectivity index (χ1n) is 4.85. The number of nitrogens with one attached hydrogen (secondary N) is 1. The van der Waals surface area contributed by atoms with Crippen LogP contribution in [0.2, 0.25) is 0 Å². The second kappa shape index (κ2) is 4.84. The lowest BCUT2D eigenvalue weighted by atomic mass is 10.2. The Morgan fingerprint density at radius 1 is 1.53 bits per heavy atom. The molecule has 0 saturated carbocycles. The molecule has 15 heavy (non-hydrogen) atoms. The molecule has 0 fully saturated rings. The van der Waals surface area contributed by atoms with Crippen molar-refractivity contribution in [2.45, 2.75) is 33.2 Å². The standard InChI is InChI=1S/C10H16N4O/c1-6(11)4-10(15)14-9-5-7(2)12-8(3)13-9/h5-6H,4,11H2,1-3H3,(H,12,13,14,15). The molecule has 1 aromatic rings. The van der Waals surface area contributed by atoms with Crippen LogP contribution in [-0.4, -0.2) is 21.9 Å². The Kier molecular flexibility index (Phi) is 3.74. The lowest BCUT2D eigenvalue weighted by Crippen LogP contribution is -2.24. The molecule has 3 N–H and O–H groups in total. The molecule has 0 aliphatic rings. The normalized spacial score (nSPS) is 12.3. The van der Waals surface area contributed by atoms with Crippen LogP contribution in [0.1, 0.15) is 24.9 Å². The Morgan fingerprint density at radius 2 is 2.20 bits per heavy atom. The number of nitrogens with two attached hydrogens (primary N) is 1. The van der Waals surface area contributed by atoms with Crippen molar-refractivity contribution in [3.63, 3.8) is 0 Å². The van der Waals surface area contributed by atoms with E-state index in [0.717, 1.165) is 5.69 Å².